The van der Waals surface area contributed by atoms with Crippen molar-refractivity contribution in [2.45, 2.75) is 5.60 Å². The Kier molecular flexibility index (Phi) is 3.18. The van der Waals surface area contributed by atoms with Gasteiger partial charge in [-0.25, -0.2) is 0 Å². The van der Waals surface area contributed by atoms with E-state index in [4.69, 9.17) is 10.00 Å². The summed E-state index contributed by atoms with van der Waals surface area (Å²) in [6, 6.07) is 7.30. The van der Waals surface area contributed by atoms with E-state index in [1.807, 2.05) is 0 Å². The number of hydrogen-bond acceptors (Lipinski definition) is 5. The number of benzene rings is 1. The zero-order valence-electron chi connectivity index (χ0n) is 9.66. The highest BCUT2D eigenvalue weighted by molar-refractivity contribution is 5.60. The molecular weight excluding hydrogens is 218 g/mol. The molecule has 5 heteroatoms. The predicted molar refractivity (Wildman–Crippen MR) is 64.0 cm³/mol. The highest BCUT2D eigenvalue weighted by atomic mass is 16.5. The van der Waals surface area contributed by atoms with Crippen molar-refractivity contribution < 1.29 is 9.84 Å². The Morgan fingerprint density at radius 2 is 2.35 bits per heavy atom. The molecule has 0 bridgehead atoms. The van der Waals surface area contributed by atoms with Gasteiger partial charge in [-0.2, -0.15) is 5.26 Å². The molecule has 0 aromatic heterocycles. The molecule has 0 saturated carbocycles. The number of hydrogen-bond donors (Lipinski definition) is 3. The normalized spacial score (nSPS) is 16.8. The first-order valence-corrected chi connectivity index (χ1v) is 5.42. The molecule has 1 aromatic rings. The summed E-state index contributed by atoms with van der Waals surface area (Å²) in [6.45, 7) is 1.57. The molecule has 0 amide bonds. The molecule has 90 valence electrons. The van der Waals surface area contributed by atoms with E-state index in [2.05, 4.69) is 16.7 Å². The van der Waals surface area contributed by atoms with Crippen LogP contribution in [-0.2, 0) is 0 Å². The summed E-state index contributed by atoms with van der Waals surface area (Å²) < 4.78 is 5.10. The van der Waals surface area contributed by atoms with Crippen LogP contribution in [0.15, 0.2) is 18.2 Å². The van der Waals surface area contributed by atoms with E-state index in [1.54, 1.807) is 25.3 Å². The van der Waals surface area contributed by atoms with Gasteiger partial charge >= 0.3 is 0 Å². The highest BCUT2D eigenvalue weighted by Crippen LogP contribution is 2.23. The third kappa shape index (κ3) is 2.49. The van der Waals surface area contributed by atoms with Crippen LogP contribution in [0.3, 0.4) is 0 Å². The van der Waals surface area contributed by atoms with Gasteiger partial charge in [-0.05, 0) is 12.1 Å². The monoisotopic (exact) mass is 233 g/mol. The molecule has 0 spiro atoms. The van der Waals surface area contributed by atoms with Crippen LogP contribution in [0.25, 0.3) is 0 Å². The van der Waals surface area contributed by atoms with Crippen molar-refractivity contribution in [3.8, 4) is 11.8 Å². The van der Waals surface area contributed by atoms with Crippen LogP contribution in [0.4, 0.5) is 5.69 Å². The Balaban J connectivity index is 2.10. The smallest absolute Gasteiger partial charge is 0.121 e. The number of rotatable bonds is 4. The van der Waals surface area contributed by atoms with E-state index in [1.165, 1.54) is 0 Å². The Labute approximate surface area is 100 Å². The number of anilines is 1. The van der Waals surface area contributed by atoms with Gasteiger partial charge in [0.15, 0.2) is 0 Å². The number of aliphatic hydroxyl groups is 1. The second-order valence-corrected chi connectivity index (χ2v) is 4.20. The van der Waals surface area contributed by atoms with Crippen LogP contribution in [0.1, 0.15) is 5.56 Å². The molecule has 1 aliphatic heterocycles. The van der Waals surface area contributed by atoms with Crippen LogP contribution in [0, 0.1) is 11.3 Å². The summed E-state index contributed by atoms with van der Waals surface area (Å²) >= 11 is 0. The maximum atomic E-state index is 9.92. The number of nitrogens with zero attached hydrogens (tertiary/aromatic N) is 1. The van der Waals surface area contributed by atoms with E-state index >= 15 is 0 Å². The molecule has 1 aromatic carbocycles. The topological polar surface area (TPSA) is 77.3 Å². The number of β-amino-alcohol motifs (C(OH)–C–C–N with tert-alkyl or cyclic N) is 1. The predicted octanol–water partition coefficient (Wildman–Crippen LogP) is 0.313. The third-order valence-electron chi connectivity index (χ3n) is 2.86. The number of ether oxygens (including phenoxy) is 1. The van der Waals surface area contributed by atoms with Crippen molar-refractivity contribution in [3.05, 3.63) is 23.8 Å². The summed E-state index contributed by atoms with van der Waals surface area (Å²) in [5, 5.41) is 25.0. The van der Waals surface area contributed by atoms with Crippen molar-refractivity contribution in [1.29, 1.82) is 5.26 Å². The minimum absolute atomic E-state index is 0.418. The molecule has 3 N–H and O–H groups in total. The fraction of sp³-hybridized carbons (Fsp3) is 0.417. The summed E-state index contributed by atoms with van der Waals surface area (Å²) in [5.41, 5.74) is 0.518. The average molecular weight is 233 g/mol. The molecule has 1 heterocycles. The molecule has 17 heavy (non-hydrogen) atoms. The standard InChI is InChI=1S/C12H15N3O2/c1-17-10-3-2-9(5-13)11(4-10)15-8-12(16)6-14-7-12/h2-4,14-16H,6-8H2,1H3. The lowest BCUT2D eigenvalue weighted by Crippen LogP contribution is -2.63. The van der Waals surface area contributed by atoms with Gasteiger partial charge < -0.3 is 20.5 Å². The van der Waals surface area contributed by atoms with Gasteiger partial charge in [0.2, 0.25) is 0 Å². The van der Waals surface area contributed by atoms with E-state index in [0.717, 1.165) is 0 Å². The van der Waals surface area contributed by atoms with Crippen molar-refractivity contribution in [3.63, 3.8) is 0 Å². The summed E-state index contributed by atoms with van der Waals surface area (Å²) in [6.07, 6.45) is 0. The molecule has 1 aliphatic rings. The maximum absolute atomic E-state index is 9.92. The molecule has 0 atom stereocenters. The van der Waals surface area contributed by atoms with E-state index in [0.29, 0.717) is 36.6 Å². The zero-order valence-corrected chi connectivity index (χ0v) is 9.66. The second kappa shape index (κ2) is 4.62. The second-order valence-electron chi connectivity index (χ2n) is 4.20. The van der Waals surface area contributed by atoms with Crippen LogP contribution in [-0.4, -0.2) is 37.5 Å². The van der Waals surface area contributed by atoms with Crippen molar-refractivity contribution in [2.75, 3.05) is 32.1 Å². The molecule has 0 radical (unpaired) electrons. The van der Waals surface area contributed by atoms with Crippen LogP contribution in [0.2, 0.25) is 0 Å². The van der Waals surface area contributed by atoms with Crippen molar-refractivity contribution in [1.82, 2.24) is 5.32 Å². The van der Waals surface area contributed by atoms with E-state index in [9.17, 15) is 5.11 Å². The van der Waals surface area contributed by atoms with Gasteiger partial charge in [0.05, 0.1) is 18.4 Å². The van der Waals surface area contributed by atoms with Crippen LogP contribution < -0.4 is 15.4 Å². The largest absolute Gasteiger partial charge is 0.497 e. The first-order chi connectivity index (χ1) is 8.17. The van der Waals surface area contributed by atoms with E-state index < -0.39 is 5.60 Å². The zero-order chi connectivity index (χ0) is 12.3. The molecule has 1 saturated heterocycles. The molecule has 5 nitrogen and oxygen atoms in total. The molecule has 0 unspecified atom stereocenters. The lowest BCUT2D eigenvalue weighted by molar-refractivity contribution is 0.00312. The number of nitrogens with one attached hydrogen (secondary N) is 2. The fourth-order valence-electron chi connectivity index (χ4n) is 1.69. The highest BCUT2D eigenvalue weighted by Gasteiger charge is 2.33. The molecule has 1 fully saturated rings. The van der Waals surface area contributed by atoms with Gasteiger partial charge in [-0.15, -0.1) is 0 Å². The molecular formula is C12H15N3O2. The van der Waals surface area contributed by atoms with Crippen LogP contribution in [0.5, 0.6) is 5.75 Å². The quantitative estimate of drug-likeness (QED) is 0.698. The van der Waals surface area contributed by atoms with E-state index in [-0.39, 0.29) is 0 Å². The lowest BCUT2D eigenvalue weighted by atomic mass is 9.97. The Morgan fingerprint density at radius 3 is 2.88 bits per heavy atom. The third-order valence-corrected chi connectivity index (χ3v) is 2.86. The van der Waals surface area contributed by atoms with Gasteiger partial charge in [0.25, 0.3) is 0 Å². The lowest BCUT2D eigenvalue weighted by Gasteiger charge is -2.37. The Hall–Kier alpha value is -1.77. The maximum Gasteiger partial charge on any atom is 0.121 e. The Morgan fingerprint density at radius 1 is 1.59 bits per heavy atom. The average Bonchev–Trinajstić information content (AvgIpc) is 2.33. The van der Waals surface area contributed by atoms with Gasteiger partial charge in [0, 0.05) is 25.7 Å². The van der Waals surface area contributed by atoms with Crippen molar-refractivity contribution >= 4 is 5.69 Å². The number of nitriles is 1. The van der Waals surface area contributed by atoms with Gasteiger partial charge in [-0.1, -0.05) is 0 Å². The summed E-state index contributed by atoms with van der Waals surface area (Å²) in [7, 11) is 1.58. The van der Waals surface area contributed by atoms with Gasteiger partial charge in [0.1, 0.15) is 17.4 Å². The minimum atomic E-state index is -0.712. The summed E-state index contributed by atoms with van der Waals surface area (Å²) in [4.78, 5) is 0. The first-order valence-electron chi connectivity index (χ1n) is 5.42. The first kappa shape index (κ1) is 11.7. The number of methoxy groups -OCH3 is 1. The molecule has 2 rings (SSSR count). The fourth-order valence-corrected chi connectivity index (χ4v) is 1.69. The van der Waals surface area contributed by atoms with Crippen molar-refractivity contribution in [2.24, 2.45) is 0 Å². The Bertz CT molecular complexity index is 450. The SMILES string of the molecule is COc1ccc(C#N)c(NCC2(O)CNC2)c1. The van der Waals surface area contributed by atoms with Gasteiger partial charge in [-0.3, -0.25) is 0 Å². The minimum Gasteiger partial charge on any atom is -0.497 e. The summed E-state index contributed by atoms with van der Waals surface area (Å²) in [5.74, 6) is 0.685. The molecule has 0 aliphatic carbocycles. The van der Waals surface area contributed by atoms with Crippen LogP contribution >= 0.6 is 0 Å².